The predicted octanol–water partition coefficient (Wildman–Crippen LogP) is 1.51. The van der Waals surface area contributed by atoms with Gasteiger partial charge in [0.05, 0.1) is 30.2 Å². The fourth-order valence-electron chi connectivity index (χ4n) is 2.67. The number of amides is 2. The fraction of sp³-hybridized carbons (Fsp3) is 0.174. The van der Waals surface area contributed by atoms with Gasteiger partial charge in [0.25, 0.3) is 0 Å². The minimum atomic E-state index is -0.588. The molecular formula is C23H29N7O5. The molecule has 1 aromatic heterocycles. The first-order valence-corrected chi connectivity index (χ1v) is 10.3. The standard InChI is InChI=1S/C16H18N2O4.C7H11N5O/c1-18(14-8-4-2-6-12(14)10-19)16(20)22-11-21-15-9-5-3-7-13(15)17;8-3-6(13)11-5-2-1-4(9)7(10)12-5/h2-9,19H,10-11,17H2,1H3;1-2H,3,8-9H2,(H3,10,11,12,13). The Labute approximate surface area is 202 Å². The van der Waals surface area contributed by atoms with Crippen LogP contribution >= 0.6 is 0 Å². The molecule has 0 atom stereocenters. The summed E-state index contributed by atoms with van der Waals surface area (Å²) in [5.41, 5.74) is 23.7. The Kier molecular flexibility index (Phi) is 10.1. The largest absolute Gasteiger partial charge is 0.455 e. The Bertz CT molecular complexity index is 1140. The highest BCUT2D eigenvalue weighted by molar-refractivity contribution is 5.91. The highest BCUT2D eigenvalue weighted by Crippen LogP contribution is 2.21. The van der Waals surface area contributed by atoms with Crippen LogP contribution in [-0.4, -0.2) is 42.5 Å². The van der Waals surface area contributed by atoms with E-state index in [9.17, 15) is 14.7 Å². The lowest BCUT2D eigenvalue weighted by Crippen LogP contribution is -2.29. The number of para-hydroxylation sites is 3. The van der Waals surface area contributed by atoms with E-state index in [0.717, 1.165) is 0 Å². The number of aliphatic hydroxyl groups is 1. The maximum atomic E-state index is 12.0. The zero-order chi connectivity index (χ0) is 25.8. The molecule has 12 heteroatoms. The summed E-state index contributed by atoms with van der Waals surface area (Å²) in [5.74, 6) is 0.669. The number of benzene rings is 2. The average molecular weight is 484 g/mol. The Morgan fingerprint density at radius 2 is 1.69 bits per heavy atom. The second-order valence-corrected chi connectivity index (χ2v) is 6.98. The molecule has 0 saturated heterocycles. The van der Waals surface area contributed by atoms with Crippen LogP contribution in [0, 0.1) is 0 Å². The van der Waals surface area contributed by atoms with Crippen molar-refractivity contribution in [1.29, 1.82) is 0 Å². The molecule has 0 unspecified atom stereocenters. The number of rotatable bonds is 7. The number of nitrogens with one attached hydrogen (secondary N) is 1. The third kappa shape index (κ3) is 8.07. The number of hydrogen-bond donors (Lipinski definition) is 6. The van der Waals surface area contributed by atoms with Crippen LogP contribution in [0.3, 0.4) is 0 Å². The summed E-state index contributed by atoms with van der Waals surface area (Å²) in [6.07, 6.45) is -0.588. The van der Waals surface area contributed by atoms with Crippen molar-refractivity contribution in [2.24, 2.45) is 5.73 Å². The van der Waals surface area contributed by atoms with Gasteiger partial charge in [-0.3, -0.25) is 9.69 Å². The van der Waals surface area contributed by atoms with Gasteiger partial charge in [-0.25, -0.2) is 9.78 Å². The van der Waals surface area contributed by atoms with Crippen LogP contribution in [0.1, 0.15) is 5.56 Å². The normalized spacial score (nSPS) is 9.91. The molecule has 0 fully saturated rings. The van der Waals surface area contributed by atoms with E-state index in [1.807, 2.05) is 0 Å². The van der Waals surface area contributed by atoms with E-state index in [1.54, 1.807) is 67.7 Å². The van der Waals surface area contributed by atoms with Gasteiger partial charge in [-0.1, -0.05) is 30.3 Å². The minimum Gasteiger partial charge on any atom is -0.455 e. The quantitative estimate of drug-likeness (QED) is 0.211. The maximum absolute atomic E-state index is 12.0. The second-order valence-electron chi connectivity index (χ2n) is 6.98. The van der Waals surface area contributed by atoms with Gasteiger partial charge in [0, 0.05) is 12.6 Å². The van der Waals surface area contributed by atoms with E-state index in [0.29, 0.717) is 34.2 Å². The molecular weight excluding hydrogens is 454 g/mol. The van der Waals surface area contributed by atoms with Crippen LogP contribution < -0.4 is 37.9 Å². The van der Waals surface area contributed by atoms with Crippen LogP contribution in [0.25, 0.3) is 0 Å². The molecule has 0 bridgehead atoms. The smallest absolute Gasteiger partial charge is 0.416 e. The lowest BCUT2D eigenvalue weighted by molar-refractivity contribution is -0.114. The number of pyridine rings is 1. The van der Waals surface area contributed by atoms with Crippen LogP contribution in [0.2, 0.25) is 0 Å². The lowest BCUT2D eigenvalue weighted by Gasteiger charge is -2.19. The van der Waals surface area contributed by atoms with E-state index in [4.69, 9.17) is 32.4 Å². The fourth-order valence-corrected chi connectivity index (χ4v) is 2.67. The first-order chi connectivity index (χ1) is 16.8. The van der Waals surface area contributed by atoms with Gasteiger partial charge in [-0.15, -0.1) is 0 Å². The molecule has 0 saturated carbocycles. The van der Waals surface area contributed by atoms with E-state index < -0.39 is 6.09 Å². The van der Waals surface area contributed by atoms with Gasteiger partial charge in [0.15, 0.2) is 0 Å². The third-order valence-electron chi connectivity index (χ3n) is 4.52. The van der Waals surface area contributed by atoms with Gasteiger partial charge >= 0.3 is 6.09 Å². The second kappa shape index (κ2) is 13.2. The molecule has 2 aromatic carbocycles. The first kappa shape index (κ1) is 26.7. The molecule has 0 aliphatic rings. The number of aliphatic hydroxyl groups excluding tert-OH is 1. The Balaban J connectivity index is 0.000000283. The number of carbonyl (C=O) groups is 2. The zero-order valence-electron chi connectivity index (χ0n) is 19.2. The molecule has 10 N–H and O–H groups in total. The van der Waals surface area contributed by atoms with Crippen LogP contribution in [0.15, 0.2) is 60.7 Å². The molecule has 3 rings (SSSR count). The summed E-state index contributed by atoms with van der Waals surface area (Å²) in [6, 6.07) is 17.1. The summed E-state index contributed by atoms with van der Waals surface area (Å²) in [6.45, 7) is -0.504. The van der Waals surface area contributed by atoms with Crippen LogP contribution in [-0.2, 0) is 16.1 Å². The van der Waals surface area contributed by atoms with Gasteiger partial charge in [-0.2, -0.15) is 0 Å². The van der Waals surface area contributed by atoms with Crippen molar-refractivity contribution >= 4 is 40.7 Å². The Hall–Kier alpha value is -4.55. The maximum Gasteiger partial charge on any atom is 0.416 e. The molecule has 35 heavy (non-hydrogen) atoms. The number of carbonyl (C=O) groups excluding carboxylic acids is 2. The highest BCUT2D eigenvalue weighted by atomic mass is 16.7. The van der Waals surface area contributed by atoms with Crippen molar-refractivity contribution in [3.05, 3.63) is 66.2 Å². The van der Waals surface area contributed by atoms with Gasteiger partial charge < -0.3 is 42.8 Å². The van der Waals surface area contributed by atoms with Crippen LogP contribution in [0.5, 0.6) is 5.75 Å². The molecule has 0 aliphatic heterocycles. The molecule has 0 spiro atoms. The topological polar surface area (TPSA) is 205 Å². The monoisotopic (exact) mass is 483 g/mol. The van der Waals surface area contributed by atoms with Crippen molar-refractivity contribution in [2.45, 2.75) is 6.61 Å². The third-order valence-corrected chi connectivity index (χ3v) is 4.52. The highest BCUT2D eigenvalue weighted by Gasteiger charge is 2.15. The zero-order valence-corrected chi connectivity index (χ0v) is 19.2. The van der Waals surface area contributed by atoms with Crippen molar-refractivity contribution < 1.29 is 24.2 Å². The summed E-state index contributed by atoms with van der Waals surface area (Å²) in [4.78, 5) is 28.0. The van der Waals surface area contributed by atoms with E-state index in [-0.39, 0.29) is 31.7 Å². The molecule has 2 amide bonds. The lowest BCUT2D eigenvalue weighted by atomic mass is 10.2. The average Bonchev–Trinajstić information content (AvgIpc) is 2.87. The first-order valence-electron chi connectivity index (χ1n) is 10.3. The van der Waals surface area contributed by atoms with Gasteiger partial charge in [0.2, 0.25) is 12.7 Å². The van der Waals surface area contributed by atoms with Gasteiger partial charge in [-0.05, 0) is 30.3 Å². The number of anilines is 5. The Morgan fingerprint density at radius 1 is 1.00 bits per heavy atom. The molecule has 1 heterocycles. The van der Waals surface area contributed by atoms with Crippen LogP contribution in [0.4, 0.5) is 33.5 Å². The number of nitrogen functional groups attached to an aromatic ring is 3. The van der Waals surface area contributed by atoms with E-state index in [1.165, 1.54) is 4.90 Å². The van der Waals surface area contributed by atoms with Crippen molar-refractivity contribution in [1.82, 2.24) is 4.98 Å². The molecule has 12 nitrogen and oxygen atoms in total. The molecule has 0 aliphatic carbocycles. The van der Waals surface area contributed by atoms with Crippen molar-refractivity contribution in [3.63, 3.8) is 0 Å². The number of aromatic nitrogens is 1. The van der Waals surface area contributed by atoms with Crippen molar-refractivity contribution in [3.8, 4) is 5.75 Å². The number of ether oxygens (including phenoxy) is 2. The molecule has 0 radical (unpaired) electrons. The van der Waals surface area contributed by atoms with E-state index >= 15 is 0 Å². The number of nitrogens with two attached hydrogens (primary N) is 4. The van der Waals surface area contributed by atoms with E-state index in [2.05, 4.69) is 10.3 Å². The summed E-state index contributed by atoms with van der Waals surface area (Å²) >= 11 is 0. The van der Waals surface area contributed by atoms with Gasteiger partial charge in [0.1, 0.15) is 17.4 Å². The number of nitrogens with zero attached hydrogens (tertiary/aromatic N) is 2. The summed E-state index contributed by atoms with van der Waals surface area (Å²) in [5, 5.41) is 11.7. The molecule has 3 aromatic rings. The SMILES string of the molecule is CN(C(=O)OCOc1ccccc1N)c1ccccc1CO.NCC(=O)Nc1ccc(N)c(N)n1. The summed E-state index contributed by atoms with van der Waals surface area (Å²) < 4.78 is 10.4. The predicted molar refractivity (Wildman–Crippen MR) is 134 cm³/mol. The Morgan fingerprint density at radius 3 is 2.34 bits per heavy atom. The summed E-state index contributed by atoms with van der Waals surface area (Å²) in [7, 11) is 1.56. The number of hydrogen-bond acceptors (Lipinski definition) is 10. The molecule has 186 valence electrons. The minimum absolute atomic E-state index is 0.0913. The van der Waals surface area contributed by atoms with Crippen molar-refractivity contribution in [2.75, 3.05) is 47.8 Å².